The highest BCUT2D eigenvalue weighted by atomic mass is 35.5. The number of alkyl halides is 3. The van der Waals surface area contributed by atoms with Crippen LogP contribution < -0.4 is 10.6 Å². The molecule has 0 aromatic carbocycles. The maximum absolute atomic E-state index is 12.3. The van der Waals surface area contributed by atoms with Crippen molar-refractivity contribution in [2.45, 2.75) is 31.5 Å². The summed E-state index contributed by atoms with van der Waals surface area (Å²) in [6.45, 7) is 0.150. The molecule has 5 nitrogen and oxygen atoms in total. The van der Waals surface area contributed by atoms with Gasteiger partial charge >= 0.3 is 6.18 Å². The summed E-state index contributed by atoms with van der Waals surface area (Å²) < 4.78 is 36.8. The van der Waals surface area contributed by atoms with Crippen molar-refractivity contribution in [3.8, 4) is 0 Å². The molecule has 0 aliphatic carbocycles. The number of likely N-dealkylation sites (tertiary alicyclic amines) is 1. The molecule has 0 aromatic rings. The molecule has 0 radical (unpaired) electrons. The van der Waals surface area contributed by atoms with Crippen molar-refractivity contribution in [2.24, 2.45) is 5.92 Å². The van der Waals surface area contributed by atoms with Crippen molar-refractivity contribution in [1.82, 2.24) is 15.5 Å². The monoisotopic (exact) mass is 329 g/mol. The standard InChI is InChI=1S/C12H18F3N3O2.ClH/c13-12(14,15)7-18-6-9(4-10(18)19)17-11(20)8-2-1-3-16-5-8;/h8-9,16H,1-7H2,(H,17,20);1H. The Bertz CT molecular complexity index is 386. The van der Waals surface area contributed by atoms with E-state index in [4.69, 9.17) is 0 Å². The van der Waals surface area contributed by atoms with Gasteiger partial charge in [-0.05, 0) is 19.4 Å². The second-order valence-corrected chi connectivity index (χ2v) is 5.34. The van der Waals surface area contributed by atoms with Crippen molar-refractivity contribution in [2.75, 3.05) is 26.2 Å². The molecule has 0 bridgehead atoms. The molecule has 2 N–H and O–H groups in total. The first kappa shape index (κ1) is 18.0. The van der Waals surface area contributed by atoms with Gasteiger partial charge in [0.15, 0.2) is 0 Å². The molecule has 2 aliphatic heterocycles. The lowest BCUT2D eigenvalue weighted by Gasteiger charge is -2.24. The van der Waals surface area contributed by atoms with Gasteiger partial charge in [0.1, 0.15) is 6.54 Å². The Kier molecular flexibility index (Phi) is 6.27. The van der Waals surface area contributed by atoms with Gasteiger partial charge in [0.2, 0.25) is 11.8 Å². The summed E-state index contributed by atoms with van der Waals surface area (Å²) in [7, 11) is 0. The first-order valence-electron chi connectivity index (χ1n) is 6.71. The smallest absolute Gasteiger partial charge is 0.351 e. The number of hydrogen-bond acceptors (Lipinski definition) is 3. The van der Waals surface area contributed by atoms with Crippen LogP contribution in [0.25, 0.3) is 0 Å². The molecular weight excluding hydrogens is 311 g/mol. The molecule has 2 aliphatic rings. The van der Waals surface area contributed by atoms with E-state index in [-0.39, 0.29) is 37.2 Å². The van der Waals surface area contributed by atoms with E-state index in [0.29, 0.717) is 6.54 Å². The Labute approximate surface area is 127 Å². The zero-order valence-electron chi connectivity index (χ0n) is 11.4. The van der Waals surface area contributed by atoms with Crippen LogP contribution in [0.4, 0.5) is 13.2 Å². The normalized spacial score (nSPS) is 26.4. The first-order chi connectivity index (χ1) is 9.35. The molecular formula is C12H19ClF3N3O2. The zero-order valence-corrected chi connectivity index (χ0v) is 12.2. The van der Waals surface area contributed by atoms with E-state index in [2.05, 4.69) is 10.6 Å². The van der Waals surface area contributed by atoms with Gasteiger partial charge in [0.25, 0.3) is 0 Å². The largest absolute Gasteiger partial charge is 0.406 e. The Morgan fingerprint density at radius 2 is 2.14 bits per heavy atom. The number of carbonyl (C=O) groups is 2. The molecule has 21 heavy (non-hydrogen) atoms. The molecule has 2 fully saturated rings. The highest BCUT2D eigenvalue weighted by Crippen LogP contribution is 2.21. The molecule has 0 aromatic heterocycles. The van der Waals surface area contributed by atoms with E-state index in [1.54, 1.807) is 0 Å². The average Bonchev–Trinajstić information content (AvgIpc) is 2.68. The molecule has 122 valence electrons. The fourth-order valence-electron chi connectivity index (χ4n) is 2.63. The summed E-state index contributed by atoms with van der Waals surface area (Å²) >= 11 is 0. The van der Waals surface area contributed by atoms with Crippen LogP contribution in [0.1, 0.15) is 19.3 Å². The lowest BCUT2D eigenvalue weighted by Crippen LogP contribution is -2.45. The van der Waals surface area contributed by atoms with E-state index in [1.807, 2.05) is 0 Å². The number of amides is 2. The van der Waals surface area contributed by atoms with E-state index < -0.39 is 24.7 Å². The van der Waals surface area contributed by atoms with Crippen LogP contribution in [0, 0.1) is 5.92 Å². The zero-order chi connectivity index (χ0) is 14.8. The third-order valence-corrected chi connectivity index (χ3v) is 3.60. The minimum Gasteiger partial charge on any atom is -0.351 e. The number of hydrogen-bond donors (Lipinski definition) is 2. The maximum atomic E-state index is 12.3. The van der Waals surface area contributed by atoms with Gasteiger partial charge in [-0.2, -0.15) is 13.2 Å². The van der Waals surface area contributed by atoms with Gasteiger partial charge in [-0.1, -0.05) is 0 Å². The highest BCUT2D eigenvalue weighted by Gasteiger charge is 2.39. The van der Waals surface area contributed by atoms with E-state index in [0.717, 1.165) is 24.3 Å². The molecule has 2 heterocycles. The van der Waals surface area contributed by atoms with Crippen molar-refractivity contribution in [1.29, 1.82) is 0 Å². The molecule has 2 saturated heterocycles. The Morgan fingerprint density at radius 1 is 1.43 bits per heavy atom. The predicted octanol–water partition coefficient (Wildman–Crippen LogP) is 0.687. The number of rotatable bonds is 3. The van der Waals surface area contributed by atoms with Crippen LogP contribution in [-0.2, 0) is 9.59 Å². The van der Waals surface area contributed by atoms with Gasteiger partial charge in [0, 0.05) is 19.5 Å². The van der Waals surface area contributed by atoms with E-state index >= 15 is 0 Å². The van der Waals surface area contributed by atoms with Crippen LogP contribution in [-0.4, -0.2) is 55.1 Å². The lowest BCUT2D eigenvalue weighted by molar-refractivity contribution is -0.157. The number of nitrogens with one attached hydrogen (secondary N) is 2. The quantitative estimate of drug-likeness (QED) is 0.801. The van der Waals surface area contributed by atoms with Crippen LogP contribution in [0.5, 0.6) is 0 Å². The number of piperidine rings is 1. The van der Waals surface area contributed by atoms with Crippen LogP contribution in [0.3, 0.4) is 0 Å². The minimum absolute atomic E-state index is 0. The summed E-state index contributed by atoms with van der Waals surface area (Å²) in [5.41, 5.74) is 0. The van der Waals surface area contributed by atoms with Gasteiger partial charge in [-0.25, -0.2) is 0 Å². The molecule has 2 amide bonds. The molecule has 9 heteroatoms. The van der Waals surface area contributed by atoms with Gasteiger partial charge in [-0.15, -0.1) is 12.4 Å². The average molecular weight is 330 g/mol. The minimum atomic E-state index is -4.40. The van der Waals surface area contributed by atoms with Gasteiger partial charge in [0.05, 0.1) is 12.0 Å². The molecule has 0 spiro atoms. The molecule has 2 rings (SSSR count). The van der Waals surface area contributed by atoms with Crippen LogP contribution in [0.2, 0.25) is 0 Å². The first-order valence-corrected chi connectivity index (χ1v) is 6.71. The Balaban J connectivity index is 0.00000220. The number of nitrogens with zero attached hydrogens (tertiary/aromatic N) is 1. The number of carbonyl (C=O) groups excluding carboxylic acids is 2. The SMILES string of the molecule is Cl.O=C(NC1CC(=O)N(CC(F)(F)F)C1)C1CCCNC1. The van der Waals surface area contributed by atoms with Crippen molar-refractivity contribution < 1.29 is 22.8 Å². The number of halogens is 4. The topological polar surface area (TPSA) is 61.4 Å². The summed E-state index contributed by atoms with van der Waals surface area (Å²) in [6.07, 6.45) is -2.78. The summed E-state index contributed by atoms with van der Waals surface area (Å²) in [5.74, 6) is -0.895. The predicted molar refractivity (Wildman–Crippen MR) is 72.0 cm³/mol. The van der Waals surface area contributed by atoms with Crippen molar-refractivity contribution >= 4 is 24.2 Å². The Hall–Kier alpha value is -1.02. The second kappa shape index (κ2) is 7.31. The molecule has 2 unspecified atom stereocenters. The lowest BCUT2D eigenvalue weighted by atomic mass is 9.98. The van der Waals surface area contributed by atoms with E-state index in [9.17, 15) is 22.8 Å². The fraction of sp³-hybridized carbons (Fsp3) is 0.833. The Morgan fingerprint density at radius 3 is 2.71 bits per heavy atom. The second-order valence-electron chi connectivity index (χ2n) is 5.34. The summed E-state index contributed by atoms with van der Waals surface area (Å²) in [4.78, 5) is 24.2. The van der Waals surface area contributed by atoms with Crippen molar-refractivity contribution in [3.05, 3.63) is 0 Å². The van der Waals surface area contributed by atoms with Gasteiger partial charge in [-0.3, -0.25) is 9.59 Å². The van der Waals surface area contributed by atoms with Crippen molar-refractivity contribution in [3.63, 3.8) is 0 Å². The van der Waals surface area contributed by atoms with Crippen LogP contribution in [0.15, 0.2) is 0 Å². The maximum Gasteiger partial charge on any atom is 0.406 e. The van der Waals surface area contributed by atoms with Crippen LogP contribution >= 0.6 is 12.4 Å². The summed E-state index contributed by atoms with van der Waals surface area (Å²) in [6, 6.07) is -0.515. The molecule has 2 atom stereocenters. The molecule has 0 saturated carbocycles. The third kappa shape index (κ3) is 5.35. The van der Waals surface area contributed by atoms with E-state index in [1.165, 1.54) is 0 Å². The summed E-state index contributed by atoms with van der Waals surface area (Å²) in [5, 5.41) is 5.79. The highest BCUT2D eigenvalue weighted by molar-refractivity contribution is 5.85. The van der Waals surface area contributed by atoms with Gasteiger partial charge < -0.3 is 15.5 Å². The fourth-order valence-corrected chi connectivity index (χ4v) is 2.63. The third-order valence-electron chi connectivity index (χ3n) is 3.60.